The van der Waals surface area contributed by atoms with Gasteiger partial charge in [0, 0.05) is 50.4 Å². The molecule has 0 saturated heterocycles. The number of aryl methyl sites for hydroxylation is 1. The van der Waals surface area contributed by atoms with Gasteiger partial charge in [-0.15, -0.1) is 0 Å². The fraction of sp³-hybridized carbons (Fsp3) is 0.0909. The van der Waals surface area contributed by atoms with E-state index >= 15 is 0 Å². The minimum absolute atomic E-state index is 0. The molecule has 5 heteroatoms. The first-order chi connectivity index (χ1) is 7.16. The van der Waals surface area contributed by atoms with Crippen LogP contribution in [0, 0.1) is 17.0 Å². The van der Waals surface area contributed by atoms with Crippen LogP contribution >= 0.6 is 0 Å². The monoisotopic (exact) mass is 292 g/mol. The van der Waals surface area contributed by atoms with Crippen molar-refractivity contribution < 1.29 is 42.0 Å². The summed E-state index contributed by atoms with van der Waals surface area (Å²) in [5.41, 5.74) is 0.927. The Morgan fingerprint density at radius 3 is 2.19 bits per heavy atom. The zero-order valence-corrected chi connectivity index (χ0v) is 11.6. The van der Waals surface area contributed by atoms with Crippen molar-refractivity contribution in [2.24, 2.45) is 0 Å². The van der Waals surface area contributed by atoms with Gasteiger partial charge in [0.15, 0.2) is 0 Å². The maximum Gasteiger partial charge on any atom is 0.269 e. The quantitative estimate of drug-likeness (QED) is 0.631. The van der Waals surface area contributed by atoms with E-state index in [0.29, 0.717) is 0 Å². The third-order valence-electron chi connectivity index (χ3n) is 2.10. The Labute approximate surface area is 118 Å². The van der Waals surface area contributed by atoms with Crippen molar-refractivity contribution >= 4 is 5.69 Å². The van der Waals surface area contributed by atoms with Crippen LogP contribution < -0.4 is 0 Å². The molecule has 0 aliphatic heterocycles. The van der Waals surface area contributed by atoms with Crippen molar-refractivity contribution in [3.63, 3.8) is 0 Å². The third kappa shape index (κ3) is 2.77. The number of hydrogen-bond donors (Lipinski definition) is 0. The van der Waals surface area contributed by atoms with Crippen molar-refractivity contribution in [3.05, 3.63) is 52.3 Å². The smallest absolute Gasteiger partial charge is 0.269 e. The minimum Gasteiger partial charge on any atom is -0.461 e. The molecule has 0 aliphatic rings. The normalized spacial score (nSPS) is 9.56. The van der Waals surface area contributed by atoms with Gasteiger partial charge in [-0.1, -0.05) is 0 Å². The Kier molecular flexibility index (Phi) is 4.39. The van der Waals surface area contributed by atoms with E-state index in [4.69, 9.17) is 4.42 Å². The minimum atomic E-state index is -0.419. The van der Waals surface area contributed by atoms with E-state index in [-0.39, 0.29) is 38.4 Å². The number of nitrogens with zero attached hydrogens (tertiary/aromatic N) is 1. The first-order valence-corrected chi connectivity index (χ1v) is 4.48. The Bertz CT molecular complexity index is 490. The number of nitro groups is 1. The van der Waals surface area contributed by atoms with Gasteiger partial charge in [-0.05, 0) is 31.2 Å². The second-order valence-electron chi connectivity index (χ2n) is 3.21. The van der Waals surface area contributed by atoms with E-state index < -0.39 is 4.92 Å². The van der Waals surface area contributed by atoms with Crippen LogP contribution in [0.2, 0.25) is 0 Å². The van der Waals surface area contributed by atoms with Crippen molar-refractivity contribution in [1.82, 2.24) is 0 Å². The van der Waals surface area contributed by atoms with Crippen LogP contribution in [0.25, 0.3) is 11.3 Å². The fourth-order valence-corrected chi connectivity index (χ4v) is 1.34. The molecule has 0 bridgehead atoms. The van der Waals surface area contributed by atoms with E-state index in [2.05, 4.69) is 0 Å². The molecule has 0 unspecified atom stereocenters. The van der Waals surface area contributed by atoms with Crippen LogP contribution in [0.5, 0.6) is 0 Å². The molecule has 0 aliphatic carbocycles. The maximum absolute atomic E-state index is 10.4. The molecule has 0 atom stereocenters. The molecular formula is C11H9NO3Y. The molecule has 4 nitrogen and oxygen atoms in total. The molecule has 2 rings (SSSR count). The molecule has 0 fully saturated rings. The van der Waals surface area contributed by atoms with Crippen LogP contribution in [0.15, 0.2) is 40.8 Å². The third-order valence-corrected chi connectivity index (χ3v) is 2.10. The van der Waals surface area contributed by atoms with Crippen molar-refractivity contribution in [2.75, 3.05) is 0 Å². The topological polar surface area (TPSA) is 56.3 Å². The molecule has 1 aromatic carbocycles. The number of benzene rings is 1. The summed E-state index contributed by atoms with van der Waals surface area (Å²) in [7, 11) is 0. The number of hydrogen-bond acceptors (Lipinski definition) is 3. The predicted molar refractivity (Wildman–Crippen MR) is 55.5 cm³/mol. The molecule has 0 spiro atoms. The standard InChI is InChI=1S/C11H9NO3.Y/c1-8-2-7-11(15-8)9-3-5-10(6-4-9)12(13)14;/h2-7H,1H3;. The molecule has 16 heavy (non-hydrogen) atoms. The van der Waals surface area contributed by atoms with E-state index in [9.17, 15) is 10.1 Å². The summed E-state index contributed by atoms with van der Waals surface area (Å²) in [6.07, 6.45) is 0. The number of nitro benzene ring substituents is 1. The second-order valence-corrected chi connectivity index (χ2v) is 3.21. The SMILES string of the molecule is Cc1ccc(-c2ccc([N+](=O)[O-])cc2)o1.[Y]. The van der Waals surface area contributed by atoms with Gasteiger partial charge in [0.2, 0.25) is 0 Å². The second kappa shape index (κ2) is 5.37. The van der Waals surface area contributed by atoms with Gasteiger partial charge < -0.3 is 4.42 Å². The Hall–Kier alpha value is -0.996. The summed E-state index contributed by atoms with van der Waals surface area (Å²) in [4.78, 5) is 10.0. The molecule has 2 aromatic rings. The summed E-state index contributed by atoms with van der Waals surface area (Å²) in [6.45, 7) is 1.86. The van der Waals surface area contributed by atoms with E-state index in [1.54, 1.807) is 12.1 Å². The summed E-state index contributed by atoms with van der Waals surface area (Å²) in [5.74, 6) is 1.55. The molecule has 1 heterocycles. The van der Waals surface area contributed by atoms with Crippen molar-refractivity contribution in [3.8, 4) is 11.3 Å². The van der Waals surface area contributed by atoms with E-state index in [0.717, 1.165) is 17.1 Å². The number of non-ortho nitro benzene ring substituents is 1. The summed E-state index contributed by atoms with van der Waals surface area (Å²) in [5, 5.41) is 10.4. The maximum atomic E-state index is 10.4. The molecule has 79 valence electrons. The molecule has 1 aromatic heterocycles. The van der Waals surface area contributed by atoms with Gasteiger partial charge in [-0.2, -0.15) is 0 Å². The first-order valence-electron chi connectivity index (χ1n) is 4.48. The number of furan rings is 1. The summed E-state index contributed by atoms with van der Waals surface area (Å²) >= 11 is 0. The molecular weight excluding hydrogens is 283 g/mol. The van der Waals surface area contributed by atoms with Crippen LogP contribution in [-0.2, 0) is 32.7 Å². The van der Waals surface area contributed by atoms with Gasteiger partial charge in [-0.3, -0.25) is 10.1 Å². The van der Waals surface area contributed by atoms with Crippen LogP contribution in [0.3, 0.4) is 0 Å². The van der Waals surface area contributed by atoms with E-state index in [1.165, 1.54) is 12.1 Å². The molecule has 0 saturated carbocycles. The average Bonchev–Trinajstić information content (AvgIpc) is 2.65. The summed E-state index contributed by atoms with van der Waals surface area (Å²) < 4.78 is 5.40. The average molecular weight is 292 g/mol. The van der Waals surface area contributed by atoms with Gasteiger partial charge in [0.25, 0.3) is 5.69 Å². The van der Waals surface area contributed by atoms with Crippen LogP contribution in [0.4, 0.5) is 5.69 Å². The predicted octanol–water partition coefficient (Wildman–Crippen LogP) is 3.16. The van der Waals surface area contributed by atoms with Gasteiger partial charge in [0.05, 0.1) is 4.92 Å². The van der Waals surface area contributed by atoms with Crippen LogP contribution in [-0.4, -0.2) is 4.92 Å². The Balaban J connectivity index is 0.00000128. The fourth-order valence-electron chi connectivity index (χ4n) is 1.34. The van der Waals surface area contributed by atoms with Crippen LogP contribution in [0.1, 0.15) is 5.76 Å². The number of rotatable bonds is 2. The van der Waals surface area contributed by atoms with Gasteiger partial charge >= 0.3 is 0 Å². The Morgan fingerprint density at radius 2 is 1.75 bits per heavy atom. The first kappa shape index (κ1) is 13.1. The zero-order chi connectivity index (χ0) is 10.8. The molecule has 1 radical (unpaired) electrons. The zero-order valence-electron chi connectivity index (χ0n) is 8.71. The Morgan fingerprint density at radius 1 is 1.12 bits per heavy atom. The van der Waals surface area contributed by atoms with Crippen molar-refractivity contribution in [1.29, 1.82) is 0 Å². The van der Waals surface area contributed by atoms with Gasteiger partial charge in [-0.25, -0.2) is 0 Å². The molecule has 0 amide bonds. The summed E-state index contributed by atoms with van der Waals surface area (Å²) in [6, 6.07) is 9.99. The molecule has 0 N–H and O–H groups in total. The van der Waals surface area contributed by atoms with Gasteiger partial charge in [0.1, 0.15) is 11.5 Å². The van der Waals surface area contributed by atoms with E-state index in [1.807, 2.05) is 19.1 Å². The van der Waals surface area contributed by atoms with Crippen molar-refractivity contribution in [2.45, 2.75) is 6.92 Å². The largest absolute Gasteiger partial charge is 0.461 e.